The van der Waals surface area contributed by atoms with Crippen molar-refractivity contribution in [3.8, 4) is 0 Å². The summed E-state index contributed by atoms with van der Waals surface area (Å²) in [6, 6.07) is -0.249. The van der Waals surface area contributed by atoms with Crippen LogP contribution in [-0.2, 0) is 19.4 Å². The molecule has 1 heterocycles. The Labute approximate surface area is 161 Å². The Hall–Kier alpha value is -0.620. The zero-order valence-corrected chi connectivity index (χ0v) is 17.5. The van der Waals surface area contributed by atoms with Crippen molar-refractivity contribution in [2.45, 2.75) is 32.7 Å². The molecular formula is C14H29IN4O4S. The number of amides is 1. The predicted octanol–water partition coefficient (Wildman–Crippen LogP) is -0.111. The lowest BCUT2D eigenvalue weighted by molar-refractivity contribution is -0.121. The van der Waals surface area contributed by atoms with Crippen LogP contribution in [0, 0.1) is 0 Å². The molecule has 0 spiro atoms. The van der Waals surface area contributed by atoms with Crippen molar-refractivity contribution in [2.24, 2.45) is 4.99 Å². The van der Waals surface area contributed by atoms with Crippen LogP contribution in [0.25, 0.3) is 0 Å². The van der Waals surface area contributed by atoms with E-state index in [1.54, 1.807) is 0 Å². The first-order valence-electron chi connectivity index (χ1n) is 8.06. The first kappa shape index (κ1) is 23.4. The Morgan fingerprint density at radius 2 is 2.04 bits per heavy atom. The zero-order chi connectivity index (χ0) is 17.1. The minimum absolute atomic E-state index is 0. The van der Waals surface area contributed by atoms with E-state index in [1.165, 1.54) is 0 Å². The van der Waals surface area contributed by atoms with Crippen molar-refractivity contribution < 1.29 is 17.9 Å². The fraction of sp³-hybridized carbons (Fsp3) is 0.857. The first-order valence-corrected chi connectivity index (χ1v) is 9.88. The Morgan fingerprint density at radius 3 is 2.62 bits per heavy atom. The molecule has 0 aromatic carbocycles. The lowest BCUT2D eigenvalue weighted by Gasteiger charge is -2.13. The van der Waals surface area contributed by atoms with Gasteiger partial charge in [0.05, 0.1) is 24.7 Å². The van der Waals surface area contributed by atoms with E-state index in [0.29, 0.717) is 38.7 Å². The number of aliphatic imine (C=N–C) groups is 1. The van der Waals surface area contributed by atoms with Gasteiger partial charge < -0.3 is 20.7 Å². The number of carbonyl (C=O) groups excluding carboxylic acids is 1. The van der Waals surface area contributed by atoms with E-state index in [-0.39, 0.29) is 53.9 Å². The maximum absolute atomic E-state index is 11.8. The Balaban J connectivity index is 0.00000529. The molecule has 1 saturated heterocycles. The van der Waals surface area contributed by atoms with Crippen molar-refractivity contribution in [1.82, 2.24) is 16.0 Å². The molecule has 10 heteroatoms. The van der Waals surface area contributed by atoms with Gasteiger partial charge in [0, 0.05) is 32.2 Å². The molecule has 1 amide bonds. The third-order valence-electron chi connectivity index (χ3n) is 3.30. The fourth-order valence-corrected chi connectivity index (χ4v) is 3.88. The number of rotatable bonds is 9. The number of guanidine groups is 1. The third-order valence-corrected chi connectivity index (χ3v) is 5.06. The molecule has 0 aromatic rings. The summed E-state index contributed by atoms with van der Waals surface area (Å²) in [6.45, 7) is 6.84. The highest BCUT2D eigenvalue weighted by Crippen LogP contribution is 2.11. The summed E-state index contributed by atoms with van der Waals surface area (Å²) in [4.78, 5) is 16.2. The summed E-state index contributed by atoms with van der Waals surface area (Å²) < 4.78 is 27.9. The quantitative estimate of drug-likeness (QED) is 0.186. The van der Waals surface area contributed by atoms with E-state index >= 15 is 0 Å². The SMILES string of the molecule is CCNC(=NCCOCC)NCCC(=O)NC1CCS(=O)(=O)C1.I. The maximum atomic E-state index is 11.8. The highest BCUT2D eigenvalue weighted by molar-refractivity contribution is 14.0. The third kappa shape index (κ3) is 10.3. The predicted molar refractivity (Wildman–Crippen MR) is 106 cm³/mol. The van der Waals surface area contributed by atoms with Gasteiger partial charge in [0.2, 0.25) is 5.91 Å². The number of nitrogens with one attached hydrogen (secondary N) is 3. The van der Waals surface area contributed by atoms with Crippen molar-refractivity contribution in [3.63, 3.8) is 0 Å². The van der Waals surface area contributed by atoms with Crippen molar-refractivity contribution in [2.75, 3.05) is 44.4 Å². The Bertz CT molecular complexity index is 499. The number of halogens is 1. The molecule has 8 nitrogen and oxygen atoms in total. The highest BCUT2D eigenvalue weighted by atomic mass is 127. The van der Waals surface area contributed by atoms with E-state index in [2.05, 4.69) is 20.9 Å². The molecule has 1 fully saturated rings. The van der Waals surface area contributed by atoms with Gasteiger partial charge in [0.15, 0.2) is 15.8 Å². The standard InChI is InChI=1S/C14H28N4O4S.HI/c1-3-15-14(17-8-9-22-4-2)16-7-5-13(19)18-12-6-10-23(20,21)11-12;/h12H,3-11H2,1-2H3,(H,18,19)(H2,15,16,17);1H. The minimum Gasteiger partial charge on any atom is -0.380 e. The van der Waals surface area contributed by atoms with Gasteiger partial charge >= 0.3 is 0 Å². The number of hydrogen-bond acceptors (Lipinski definition) is 5. The van der Waals surface area contributed by atoms with E-state index in [9.17, 15) is 13.2 Å². The Kier molecular flexibility index (Phi) is 12.4. The molecule has 1 aliphatic heterocycles. The number of carbonyl (C=O) groups is 1. The molecule has 1 aliphatic rings. The van der Waals surface area contributed by atoms with Crippen molar-refractivity contribution >= 4 is 45.7 Å². The summed E-state index contributed by atoms with van der Waals surface area (Å²) in [5.41, 5.74) is 0. The second-order valence-electron chi connectivity index (χ2n) is 5.30. The van der Waals surface area contributed by atoms with Crippen LogP contribution in [0.5, 0.6) is 0 Å². The van der Waals surface area contributed by atoms with E-state index in [4.69, 9.17) is 4.74 Å². The van der Waals surface area contributed by atoms with E-state index in [1.807, 2.05) is 13.8 Å². The van der Waals surface area contributed by atoms with Gasteiger partial charge in [-0.05, 0) is 20.3 Å². The molecule has 0 saturated carbocycles. The fourth-order valence-electron chi connectivity index (χ4n) is 2.21. The number of nitrogens with zero attached hydrogens (tertiary/aromatic N) is 1. The van der Waals surface area contributed by atoms with Crippen LogP contribution in [0.15, 0.2) is 4.99 Å². The van der Waals surface area contributed by atoms with E-state index < -0.39 is 9.84 Å². The summed E-state index contributed by atoms with van der Waals surface area (Å²) in [5, 5.41) is 8.93. The highest BCUT2D eigenvalue weighted by Gasteiger charge is 2.28. The summed E-state index contributed by atoms with van der Waals surface area (Å²) >= 11 is 0. The van der Waals surface area contributed by atoms with Gasteiger partial charge in [-0.3, -0.25) is 9.79 Å². The van der Waals surface area contributed by atoms with Crippen LogP contribution >= 0.6 is 24.0 Å². The van der Waals surface area contributed by atoms with Crippen LogP contribution in [0.3, 0.4) is 0 Å². The molecule has 0 aromatic heterocycles. The van der Waals surface area contributed by atoms with Gasteiger partial charge in [-0.2, -0.15) is 0 Å². The number of hydrogen-bond donors (Lipinski definition) is 3. The lowest BCUT2D eigenvalue weighted by atomic mass is 10.2. The number of sulfone groups is 1. The molecule has 1 atom stereocenters. The normalized spacial score (nSPS) is 19.4. The molecule has 24 heavy (non-hydrogen) atoms. The van der Waals surface area contributed by atoms with Crippen LogP contribution in [-0.4, -0.2) is 70.7 Å². The lowest BCUT2D eigenvalue weighted by Crippen LogP contribution is -2.41. The number of ether oxygens (including phenoxy) is 1. The van der Waals surface area contributed by atoms with Gasteiger partial charge in [-0.1, -0.05) is 0 Å². The van der Waals surface area contributed by atoms with Crippen molar-refractivity contribution in [1.29, 1.82) is 0 Å². The van der Waals surface area contributed by atoms with Crippen LogP contribution < -0.4 is 16.0 Å². The molecule has 142 valence electrons. The van der Waals surface area contributed by atoms with E-state index in [0.717, 1.165) is 6.54 Å². The molecule has 0 aliphatic carbocycles. The second-order valence-corrected chi connectivity index (χ2v) is 7.53. The molecular weight excluding hydrogens is 447 g/mol. The molecule has 3 N–H and O–H groups in total. The first-order chi connectivity index (χ1) is 11.0. The minimum atomic E-state index is -2.97. The van der Waals surface area contributed by atoms with Gasteiger partial charge in [-0.15, -0.1) is 24.0 Å². The van der Waals surface area contributed by atoms with Crippen LogP contribution in [0.2, 0.25) is 0 Å². The zero-order valence-electron chi connectivity index (χ0n) is 14.3. The van der Waals surface area contributed by atoms with Gasteiger partial charge in [0.1, 0.15) is 0 Å². The summed E-state index contributed by atoms with van der Waals surface area (Å²) in [6.07, 6.45) is 0.773. The van der Waals surface area contributed by atoms with Crippen LogP contribution in [0.4, 0.5) is 0 Å². The maximum Gasteiger partial charge on any atom is 0.222 e. The monoisotopic (exact) mass is 476 g/mol. The molecule has 1 rings (SSSR count). The van der Waals surface area contributed by atoms with Gasteiger partial charge in [0.25, 0.3) is 0 Å². The topological polar surface area (TPSA) is 109 Å². The molecule has 1 unspecified atom stereocenters. The van der Waals surface area contributed by atoms with Crippen molar-refractivity contribution in [3.05, 3.63) is 0 Å². The smallest absolute Gasteiger partial charge is 0.222 e. The summed E-state index contributed by atoms with van der Waals surface area (Å²) in [7, 11) is -2.97. The summed E-state index contributed by atoms with van der Waals surface area (Å²) in [5.74, 6) is 0.703. The average Bonchev–Trinajstić information content (AvgIpc) is 2.82. The largest absolute Gasteiger partial charge is 0.380 e. The second kappa shape index (κ2) is 12.7. The Morgan fingerprint density at radius 1 is 1.29 bits per heavy atom. The average molecular weight is 476 g/mol. The molecule has 0 bridgehead atoms. The molecule has 0 radical (unpaired) electrons. The van der Waals surface area contributed by atoms with Gasteiger partial charge in [-0.25, -0.2) is 8.42 Å². The van der Waals surface area contributed by atoms with Crippen LogP contribution in [0.1, 0.15) is 26.7 Å².